The predicted molar refractivity (Wildman–Crippen MR) is 69.6 cm³/mol. The van der Waals surface area contributed by atoms with Crippen LogP contribution in [-0.4, -0.2) is 0 Å². The maximum Gasteiger partial charge on any atom is 0.140 e. The maximum absolute atomic E-state index is 13.1. The van der Waals surface area contributed by atoms with Gasteiger partial charge in [0.2, 0.25) is 0 Å². The lowest BCUT2D eigenvalue weighted by Gasteiger charge is -2.06. The highest BCUT2D eigenvalue weighted by Crippen LogP contribution is 2.18. The molecule has 2 aromatic rings. The third-order valence-corrected chi connectivity index (χ3v) is 2.90. The van der Waals surface area contributed by atoms with Crippen molar-refractivity contribution in [3.8, 4) is 11.8 Å². The van der Waals surface area contributed by atoms with Gasteiger partial charge >= 0.3 is 0 Å². The second-order valence-electron chi connectivity index (χ2n) is 3.67. The molecule has 0 aliphatic carbocycles. The van der Waals surface area contributed by atoms with Crippen molar-refractivity contribution < 1.29 is 9.13 Å². The van der Waals surface area contributed by atoms with Gasteiger partial charge < -0.3 is 4.74 Å². The van der Waals surface area contributed by atoms with Crippen LogP contribution in [0.1, 0.15) is 11.1 Å². The van der Waals surface area contributed by atoms with Crippen molar-refractivity contribution in [1.29, 1.82) is 5.26 Å². The predicted octanol–water partition coefficient (Wildman–Crippen LogP) is 4.04. The number of hydrogen-bond acceptors (Lipinski definition) is 2. The van der Waals surface area contributed by atoms with E-state index >= 15 is 0 Å². The van der Waals surface area contributed by atoms with Crippen molar-refractivity contribution in [3.05, 3.63) is 63.9 Å². The smallest absolute Gasteiger partial charge is 0.140 e. The second kappa shape index (κ2) is 5.65. The van der Waals surface area contributed by atoms with Crippen molar-refractivity contribution >= 4 is 15.9 Å². The summed E-state index contributed by atoms with van der Waals surface area (Å²) in [6.45, 7) is 0.302. The molecule has 0 atom stereocenters. The molecule has 0 bridgehead atoms. The highest BCUT2D eigenvalue weighted by Gasteiger charge is 2.03. The molecule has 0 radical (unpaired) electrons. The first-order valence-electron chi connectivity index (χ1n) is 5.26. The van der Waals surface area contributed by atoms with E-state index in [-0.39, 0.29) is 5.56 Å². The average molecular weight is 306 g/mol. The van der Waals surface area contributed by atoms with E-state index in [1.54, 1.807) is 12.1 Å². The van der Waals surface area contributed by atoms with Crippen molar-refractivity contribution in [1.82, 2.24) is 0 Å². The van der Waals surface area contributed by atoms with E-state index in [4.69, 9.17) is 10.00 Å². The minimum absolute atomic E-state index is 0.0342. The van der Waals surface area contributed by atoms with Gasteiger partial charge in [0, 0.05) is 4.47 Å². The van der Waals surface area contributed by atoms with E-state index < -0.39 is 5.82 Å². The molecule has 0 fully saturated rings. The van der Waals surface area contributed by atoms with Gasteiger partial charge in [-0.3, -0.25) is 0 Å². The fraction of sp³-hybridized carbons (Fsp3) is 0.0714. The van der Waals surface area contributed by atoms with Crippen LogP contribution in [0.25, 0.3) is 0 Å². The summed E-state index contributed by atoms with van der Waals surface area (Å²) in [5, 5.41) is 8.72. The first-order valence-corrected chi connectivity index (χ1v) is 6.05. The zero-order chi connectivity index (χ0) is 13.0. The monoisotopic (exact) mass is 305 g/mol. The molecule has 0 amide bonds. The molecule has 90 valence electrons. The maximum atomic E-state index is 13.1. The summed E-state index contributed by atoms with van der Waals surface area (Å²) >= 11 is 3.34. The van der Waals surface area contributed by atoms with Gasteiger partial charge in [0.1, 0.15) is 24.2 Å². The Kier molecular flexibility index (Phi) is 3.96. The Morgan fingerprint density at radius 1 is 1.17 bits per heavy atom. The molecular weight excluding hydrogens is 297 g/mol. The Labute approximate surface area is 113 Å². The molecular formula is C14H9BrFNO. The van der Waals surface area contributed by atoms with Crippen molar-refractivity contribution in [2.24, 2.45) is 0 Å². The van der Waals surface area contributed by atoms with Gasteiger partial charge in [0.15, 0.2) is 0 Å². The summed E-state index contributed by atoms with van der Waals surface area (Å²) in [6, 6.07) is 13.6. The lowest BCUT2D eigenvalue weighted by molar-refractivity contribution is 0.306. The van der Waals surface area contributed by atoms with E-state index in [1.165, 1.54) is 12.1 Å². The van der Waals surface area contributed by atoms with Crippen molar-refractivity contribution in [3.63, 3.8) is 0 Å². The molecule has 0 aliphatic heterocycles. The van der Waals surface area contributed by atoms with Crippen LogP contribution in [0.4, 0.5) is 4.39 Å². The number of ether oxygens (including phenoxy) is 1. The van der Waals surface area contributed by atoms with E-state index in [2.05, 4.69) is 15.9 Å². The molecule has 0 heterocycles. The van der Waals surface area contributed by atoms with Crippen LogP contribution in [0.15, 0.2) is 46.9 Å². The Bertz CT molecular complexity index is 590. The van der Waals surface area contributed by atoms with E-state index in [1.807, 2.05) is 24.3 Å². The summed E-state index contributed by atoms with van der Waals surface area (Å²) in [4.78, 5) is 0. The summed E-state index contributed by atoms with van der Waals surface area (Å²) in [5.41, 5.74) is 0.794. The molecule has 0 aromatic heterocycles. The number of nitriles is 1. The molecule has 0 saturated carbocycles. The summed E-state index contributed by atoms with van der Waals surface area (Å²) in [7, 11) is 0. The van der Waals surface area contributed by atoms with Crippen LogP contribution >= 0.6 is 15.9 Å². The van der Waals surface area contributed by atoms with Gasteiger partial charge in [-0.15, -0.1) is 0 Å². The number of hydrogen-bond donors (Lipinski definition) is 0. The third-order valence-electron chi connectivity index (χ3n) is 2.37. The minimum Gasteiger partial charge on any atom is -0.489 e. The van der Waals surface area contributed by atoms with Crippen LogP contribution in [0.5, 0.6) is 5.75 Å². The van der Waals surface area contributed by atoms with Crippen LogP contribution in [-0.2, 0) is 6.61 Å². The molecule has 0 aliphatic rings. The molecule has 2 nitrogen and oxygen atoms in total. The number of nitrogens with zero attached hydrogens (tertiary/aromatic N) is 1. The Balaban J connectivity index is 2.06. The summed E-state index contributed by atoms with van der Waals surface area (Å²) in [5.74, 6) is 0.214. The average Bonchev–Trinajstić information content (AvgIpc) is 2.39. The molecule has 4 heteroatoms. The Morgan fingerprint density at radius 3 is 2.56 bits per heavy atom. The van der Waals surface area contributed by atoms with Crippen LogP contribution in [0.2, 0.25) is 0 Å². The highest BCUT2D eigenvalue weighted by atomic mass is 79.9. The zero-order valence-electron chi connectivity index (χ0n) is 9.36. The lowest BCUT2D eigenvalue weighted by atomic mass is 10.1. The summed E-state index contributed by atoms with van der Waals surface area (Å²) in [6.07, 6.45) is 0. The van der Waals surface area contributed by atoms with Crippen LogP contribution in [0, 0.1) is 17.1 Å². The van der Waals surface area contributed by atoms with Gasteiger partial charge in [-0.2, -0.15) is 5.26 Å². The van der Waals surface area contributed by atoms with Crippen LogP contribution < -0.4 is 4.74 Å². The Morgan fingerprint density at radius 2 is 1.89 bits per heavy atom. The van der Waals surface area contributed by atoms with E-state index in [9.17, 15) is 4.39 Å². The van der Waals surface area contributed by atoms with Gasteiger partial charge in [-0.1, -0.05) is 22.0 Å². The first-order chi connectivity index (χ1) is 8.69. The van der Waals surface area contributed by atoms with Crippen molar-refractivity contribution in [2.45, 2.75) is 6.61 Å². The molecule has 2 rings (SSSR count). The summed E-state index contributed by atoms with van der Waals surface area (Å²) < 4.78 is 19.6. The fourth-order valence-electron chi connectivity index (χ4n) is 1.45. The topological polar surface area (TPSA) is 33.0 Å². The van der Waals surface area contributed by atoms with Gasteiger partial charge in [0.05, 0.1) is 5.56 Å². The standard InChI is InChI=1S/C14H9BrFNO/c15-12-2-4-13(5-3-12)18-9-10-1-6-14(16)11(7-10)8-17/h1-7H,9H2. The minimum atomic E-state index is -0.509. The van der Waals surface area contributed by atoms with E-state index in [0.29, 0.717) is 6.61 Å². The molecule has 0 saturated heterocycles. The number of halogens is 2. The molecule has 0 spiro atoms. The van der Waals surface area contributed by atoms with E-state index in [0.717, 1.165) is 15.8 Å². The molecule has 0 unspecified atom stereocenters. The Hall–Kier alpha value is -1.86. The molecule has 18 heavy (non-hydrogen) atoms. The zero-order valence-corrected chi connectivity index (χ0v) is 10.9. The van der Waals surface area contributed by atoms with Crippen molar-refractivity contribution in [2.75, 3.05) is 0 Å². The largest absolute Gasteiger partial charge is 0.489 e. The second-order valence-corrected chi connectivity index (χ2v) is 4.58. The number of benzene rings is 2. The number of rotatable bonds is 3. The lowest BCUT2D eigenvalue weighted by Crippen LogP contribution is -1.96. The first kappa shape index (κ1) is 12.6. The van der Waals surface area contributed by atoms with Gasteiger partial charge in [-0.05, 0) is 42.0 Å². The van der Waals surface area contributed by atoms with Gasteiger partial charge in [-0.25, -0.2) is 4.39 Å². The normalized spacial score (nSPS) is 9.83. The quantitative estimate of drug-likeness (QED) is 0.857. The van der Waals surface area contributed by atoms with Crippen LogP contribution in [0.3, 0.4) is 0 Å². The molecule has 0 N–H and O–H groups in total. The highest BCUT2D eigenvalue weighted by molar-refractivity contribution is 9.10. The van der Waals surface area contributed by atoms with Gasteiger partial charge in [0.25, 0.3) is 0 Å². The SMILES string of the molecule is N#Cc1cc(COc2ccc(Br)cc2)ccc1F. The fourth-order valence-corrected chi connectivity index (χ4v) is 1.71. The molecule has 2 aromatic carbocycles. The third kappa shape index (κ3) is 3.08.